The highest BCUT2D eigenvalue weighted by Gasteiger charge is 2.32. The van der Waals surface area contributed by atoms with Crippen molar-refractivity contribution in [2.45, 2.75) is 12.5 Å². The van der Waals surface area contributed by atoms with Gasteiger partial charge in [0, 0.05) is 12.4 Å². The van der Waals surface area contributed by atoms with Crippen LogP contribution in [-0.4, -0.2) is 37.6 Å². The molecule has 1 heterocycles. The van der Waals surface area contributed by atoms with Crippen LogP contribution < -0.4 is 15.3 Å². The summed E-state index contributed by atoms with van der Waals surface area (Å²) in [6.07, 6.45) is 3.72. The predicted molar refractivity (Wildman–Crippen MR) is 72.6 cm³/mol. The lowest BCUT2D eigenvalue weighted by molar-refractivity contribution is -0.911. The molecule has 5 nitrogen and oxygen atoms in total. The van der Waals surface area contributed by atoms with E-state index < -0.39 is 12.0 Å². The number of piperazine rings is 1. The fourth-order valence-electron chi connectivity index (χ4n) is 2.39. The van der Waals surface area contributed by atoms with Crippen LogP contribution in [0.2, 0.25) is 0 Å². The second kappa shape index (κ2) is 6.86. The van der Waals surface area contributed by atoms with Gasteiger partial charge < -0.3 is 20.1 Å². The van der Waals surface area contributed by atoms with Gasteiger partial charge in [0.1, 0.15) is 0 Å². The highest BCUT2D eigenvalue weighted by Crippen LogP contribution is 2.00. The molecule has 106 valence electrons. The van der Waals surface area contributed by atoms with Crippen LogP contribution in [0, 0.1) is 0 Å². The summed E-state index contributed by atoms with van der Waals surface area (Å²) in [5, 5.41) is 13.4. The van der Waals surface area contributed by atoms with Crippen LogP contribution in [0.3, 0.4) is 0 Å². The monoisotopic (exact) mass is 274 g/mol. The maximum atomic E-state index is 11.7. The molecule has 0 saturated carbocycles. The fraction of sp³-hybridized carbons (Fsp3) is 0.333. The van der Waals surface area contributed by atoms with Gasteiger partial charge in [-0.1, -0.05) is 36.4 Å². The number of aliphatic carboxylic acids is 1. The summed E-state index contributed by atoms with van der Waals surface area (Å²) < 4.78 is 0. The van der Waals surface area contributed by atoms with E-state index in [2.05, 4.69) is 5.32 Å². The Kier molecular flexibility index (Phi) is 4.90. The van der Waals surface area contributed by atoms with E-state index in [9.17, 15) is 14.7 Å². The molecule has 0 bridgehead atoms. The highest BCUT2D eigenvalue weighted by atomic mass is 16.4. The molecule has 0 radical (unpaired) electrons. The number of benzene rings is 1. The topological polar surface area (TPSA) is 73.7 Å². The first-order valence-electron chi connectivity index (χ1n) is 6.70. The maximum Gasteiger partial charge on any atom is 0.278 e. The first-order valence-corrected chi connectivity index (χ1v) is 6.70. The summed E-state index contributed by atoms with van der Waals surface area (Å²) in [6.45, 7) is 1.93. The molecule has 1 aromatic carbocycles. The van der Waals surface area contributed by atoms with Gasteiger partial charge in [-0.15, -0.1) is 0 Å². The lowest BCUT2D eigenvalue weighted by Gasteiger charge is -2.31. The van der Waals surface area contributed by atoms with Gasteiger partial charge in [0.2, 0.25) is 0 Å². The van der Waals surface area contributed by atoms with Crippen molar-refractivity contribution in [2.75, 3.05) is 19.6 Å². The van der Waals surface area contributed by atoms with Gasteiger partial charge in [-0.2, -0.15) is 0 Å². The minimum absolute atomic E-state index is 0.205. The van der Waals surface area contributed by atoms with Crippen LogP contribution in [-0.2, 0) is 9.59 Å². The molecule has 1 aliphatic heterocycles. The molecule has 20 heavy (non-hydrogen) atoms. The number of amides is 1. The van der Waals surface area contributed by atoms with E-state index in [0.717, 1.165) is 17.0 Å². The normalized spacial score (nSPS) is 22.7. The summed E-state index contributed by atoms with van der Waals surface area (Å²) >= 11 is 0. The number of carbonyl (C=O) groups excluding carboxylic acids is 2. The fourth-order valence-corrected chi connectivity index (χ4v) is 2.39. The lowest BCUT2D eigenvalue weighted by atomic mass is 10.1. The Morgan fingerprint density at radius 3 is 2.85 bits per heavy atom. The standard InChI is InChI=1S/C15H18N2O3/c18-14(19)11-13-15(20)16-8-10-17(13)9-4-7-12-5-2-1-3-6-12/h1-7,13H,8-11H2,(H,16,20)(H,18,19). The smallest absolute Gasteiger partial charge is 0.278 e. The van der Waals surface area contributed by atoms with E-state index in [1.54, 1.807) is 0 Å². The number of quaternary nitrogens is 1. The Morgan fingerprint density at radius 2 is 2.15 bits per heavy atom. The van der Waals surface area contributed by atoms with Gasteiger partial charge in [0.25, 0.3) is 5.91 Å². The van der Waals surface area contributed by atoms with E-state index in [4.69, 9.17) is 0 Å². The second-order valence-electron chi connectivity index (χ2n) is 4.85. The zero-order valence-corrected chi connectivity index (χ0v) is 11.2. The largest absolute Gasteiger partial charge is 0.550 e. The SMILES string of the molecule is O=C([O-])CC1C(=O)NCC[NH+]1CC=Cc1ccccc1. The van der Waals surface area contributed by atoms with Crippen LogP contribution in [0.1, 0.15) is 12.0 Å². The van der Waals surface area contributed by atoms with Crippen molar-refractivity contribution in [3.05, 3.63) is 42.0 Å². The summed E-state index contributed by atoms with van der Waals surface area (Å²) in [5.74, 6) is -1.39. The van der Waals surface area contributed by atoms with E-state index in [0.29, 0.717) is 13.1 Å². The van der Waals surface area contributed by atoms with Crippen molar-refractivity contribution in [2.24, 2.45) is 0 Å². The molecule has 1 aromatic rings. The van der Waals surface area contributed by atoms with Gasteiger partial charge in [-0.3, -0.25) is 4.79 Å². The number of hydrogen-bond donors (Lipinski definition) is 2. The van der Waals surface area contributed by atoms with Gasteiger partial charge in [0.05, 0.1) is 19.6 Å². The zero-order valence-electron chi connectivity index (χ0n) is 11.2. The molecule has 2 N–H and O–H groups in total. The Hall–Kier alpha value is -2.14. The van der Waals surface area contributed by atoms with E-state index in [1.807, 2.05) is 42.5 Å². The molecule has 0 aromatic heterocycles. The molecule has 1 saturated heterocycles. The molecule has 2 unspecified atom stereocenters. The molecule has 2 rings (SSSR count). The van der Waals surface area contributed by atoms with E-state index >= 15 is 0 Å². The third-order valence-corrected chi connectivity index (χ3v) is 3.42. The molecule has 2 atom stereocenters. The van der Waals surface area contributed by atoms with Crippen molar-refractivity contribution >= 4 is 18.0 Å². The molecular weight excluding hydrogens is 256 g/mol. The van der Waals surface area contributed by atoms with Crippen molar-refractivity contribution in [1.29, 1.82) is 0 Å². The molecular formula is C15H18N2O3. The maximum absolute atomic E-state index is 11.7. The van der Waals surface area contributed by atoms with Crippen LogP contribution in [0.15, 0.2) is 36.4 Å². The second-order valence-corrected chi connectivity index (χ2v) is 4.85. The average molecular weight is 274 g/mol. The predicted octanol–water partition coefficient (Wildman–Crippen LogP) is -1.78. The van der Waals surface area contributed by atoms with Gasteiger partial charge >= 0.3 is 0 Å². The number of carboxylic acids is 1. The van der Waals surface area contributed by atoms with Crippen molar-refractivity contribution in [1.82, 2.24) is 5.32 Å². The average Bonchev–Trinajstić information content (AvgIpc) is 2.43. The van der Waals surface area contributed by atoms with Crippen molar-refractivity contribution in [3.63, 3.8) is 0 Å². The Bertz CT molecular complexity index is 499. The number of nitrogens with one attached hydrogen (secondary N) is 2. The molecule has 1 aliphatic rings. The number of hydrogen-bond acceptors (Lipinski definition) is 3. The minimum Gasteiger partial charge on any atom is -0.550 e. The van der Waals surface area contributed by atoms with Crippen LogP contribution in [0.5, 0.6) is 0 Å². The molecule has 0 aliphatic carbocycles. The van der Waals surface area contributed by atoms with E-state index in [1.165, 1.54) is 0 Å². The quantitative estimate of drug-likeness (QED) is 0.667. The number of rotatable bonds is 5. The highest BCUT2D eigenvalue weighted by molar-refractivity contribution is 5.84. The number of carbonyl (C=O) groups is 2. The van der Waals surface area contributed by atoms with Gasteiger partial charge in [-0.05, 0) is 11.6 Å². The first-order chi connectivity index (χ1) is 9.66. The van der Waals surface area contributed by atoms with Crippen molar-refractivity contribution in [3.8, 4) is 0 Å². The Balaban J connectivity index is 1.97. The Morgan fingerprint density at radius 1 is 1.40 bits per heavy atom. The molecule has 0 spiro atoms. The summed E-state index contributed by atoms with van der Waals surface area (Å²) in [5.41, 5.74) is 1.09. The van der Waals surface area contributed by atoms with Crippen LogP contribution in [0.25, 0.3) is 6.08 Å². The summed E-state index contributed by atoms with van der Waals surface area (Å²) in [7, 11) is 0. The molecule has 1 amide bonds. The third-order valence-electron chi connectivity index (χ3n) is 3.42. The molecule has 1 fully saturated rings. The van der Waals surface area contributed by atoms with Crippen molar-refractivity contribution < 1.29 is 19.6 Å². The molecule has 5 heteroatoms. The first kappa shape index (κ1) is 14.3. The lowest BCUT2D eigenvalue weighted by Crippen LogP contribution is -3.19. The third kappa shape index (κ3) is 3.93. The van der Waals surface area contributed by atoms with Crippen LogP contribution in [0.4, 0.5) is 0 Å². The van der Waals surface area contributed by atoms with Gasteiger partial charge in [0.15, 0.2) is 6.04 Å². The van der Waals surface area contributed by atoms with Gasteiger partial charge in [-0.25, -0.2) is 0 Å². The minimum atomic E-state index is -1.18. The summed E-state index contributed by atoms with van der Waals surface area (Å²) in [6, 6.07) is 9.29. The number of carboxylic acid groups (broad SMARTS) is 1. The van der Waals surface area contributed by atoms with Crippen LogP contribution >= 0.6 is 0 Å². The zero-order chi connectivity index (χ0) is 14.4. The summed E-state index contributed by atoms with van der Waals surface area (Å²) in [4.78, 5) is 23.4. The van der Waals surface area contributed by atoms with E-state index in [-0.39, 0.29) is 12.3 Å². The Labute approximate surface area is 117 Å².